The second kappa shape index (κ2) is 5.97. The van der Waals surface area contributed by atoms with Crippen LogP contribution in [0.3, 0.4) is 0 Å². The first kappa shape index (κ1) is 13.9. The first-order chi connectivity index (χ1) is 8.00. The number of esters is 1. The summed E-state index contributed by atoms with van der Waals surface area (Å²) in [5, 5.41) is 3.95. The van der Waals surface area contributed by atoms with Crippen molar-refractivity contribution in [2.24, 2.45) is 0 Å². The van der Waals surface area contributed by atoms with Gasteiger partial charge in [-0.2, -0.15) is 0 Å². The van der Waals surface area contributed by atoms with Gasteiger partial charge in [0.05, 0.1) is 24.3 Å². The van der Waals surface area contributed by atoms with Crippen LogP contribution in [0.5, 0.6) is 0 Å². The lowest BCUT2D eigenvalue weighted by Crippen LogP contribution is -2.36. The minimum Gasteiger partial charge on any atom is -0.461 e. The molecule has 1 N–H and O–H groups in total. The van der Waals surface area contributed by atoms with Crippen molar-refractivity contribution < 1.29 is 14.3 Å². The molecule has 0 spiro atoms. The predicted molar refractivity (Wildman–Crippen MR) is 67.6 cm³/mol. The van der Waals surface area contributed by atoms with Gasteiger partial charge in [-0.3, -0.25) is 0 Å². The van der Waals surface area contributed by atoms with Crippen LogP contribution in [0.25, 0.3) is 0 Å². The van der Waals surface area contributed by atoms with Crippen molar-refractivity contribution >= 4 is 22.3 Å². The van der Waals surface area contributed by atoms with Gasteiger partial charge in [0.1, 0.15) is 5.00 Å². The summed E-state index contributed by atoms with van der Waals surface area (Å²) in [6, 6.07) is 0. The molecule has 0 bridgehead atoms. The highest BCUT2D eigenvalue weighted by atomic mass is 32.1. The van der Waals surface area contributed by atoms with Gasteiger partial charge in [0.25, 0.3) is 0 Å². The molecule has 1 heterocycles. The van der Waals surface area contributed by atoms with Crippen molar-refractivity contribution in [3.63, 3.8) is 0 Å². The van der Waals surface area contributed by atoms with Gasteiger partial charge in [-0.25, -0.2) is 9.78 Å². The Bertz CT molecular complexity index is 377. The Morgan fingerprint density at radius 1 is 1.59 bits per heavy atom. The van der Waals surface area contributed by atoms with Crippen molar-refractivity contribution in [2.75, 3.05) is 25.6 Å². The number of hydrogen-bond donors (Lipinski definition) is 1. The third-order valence-corrected chi connectivity index (χ3v) is 2.74. The van der Waals surface area contributed by atoms with E-state index in [1.807, 2.05) is 13.8 Å². The van der Waals surface area contributed by atoms with Crippen LogP contribution in [-0.4, -0.2) is 36.8 Å². The Kier molecular flexibility index (Phi) is 4.89. The second-order valence-electron chi connectivity index (χ2n) is 4.19. The molecule has 0 aromatic carbocycles. The molecule has 17 heavy (non-hydrogen) atoms. The van der Waals surface area contributed by atoms with Crippen LogP contribution in [0.4, 0.5) is 5.00 Å². The number of thiazole rings is 1. The van der Waals surface area contributed by atoms with Crippen molar-refractivity contribution in [1.29, 1.82) is 0 Å². The molecule has 6 heteroatoms. The minimum atomic E-state index is -0.399. The Morgan fingerprint density at radius 3 is 2.88 bits per heavy atom. The number of rotatable bonds is 6. The number of nitrogens with one attached hydrogen (secondary N) is 1. The highest BCUT2D eigenvalue weighted by molar-refractivity contribution is 7.14. The number of ether oxygens (including phenoxy) is 2. The van der Waals surface area contributed by atoms with Crippen molar-refractivity contribution in [3.05, 3.63) is 11.2 Å². The van der Waals surface area contributed by atoms with Crippen molar-refractivity contribution in [3.8, 4) is 0 Å². The van der Waals surface area contributed by atoms with Gasteiger partial charge >= 0.3 is 5.97 Å². The second-order valence-corrected chi connectivity index (χ2v) is 5.05. The van der Waals surface area contributed by atoms with Crippen LogP contribution in [0.15, 0.2) is 5.51 Å². The highest BCUT2D eigenvalue weighted by Crippen LogP contribution is 2.25. The summed E-state index contributed by atoms with van der Waals surface area (Å²) >= 11 is 1.38. The lowest BCUT2D eigenvalue weighted by molar-refractivity contribution is 0.0521. The molecule has 1 aromatic heterocycles. The first-order valence-electron chi connectivity index (χ1n) is 5.38. The SMILES string of the molecule is CCOC(=O)c1ncsc1NC(C)(C)COC. The van der Waals surface area contributed by atoms with Gasteiger partial charge in [-0.15, -0.1) is 11.3 Å². The molecule has 0 aliphatic heterocycles. The summed E-state index contributed by atoms with van der Waals surface area (Å²) in [5.74, 6) is -0.399. The van der Waals surface area contributed by atoms with E-state index in [4.69, 9.17) is 9.47 Å². The molecular formula is C11H18N2O3S. The molecule has 0 radical (unpaired) electrons. The number of carbonyl (C=O) groups is 1. The Morgan fingerprint density at radius 2 is 2.29 bits per heavy atom. The van der Waals surface area contributed by atoms with E-state index in [0.29, 0.717) is 23.9 Å². The largest absolute Gasteiger partial charge is 0.461 e. The fraction of sp³-hybridized carbons (Fsp3) is 0.636. The summed E-state index contributed by atoms with van der Waals surface area (Å²) in [6.45, 7) is 6.63. The van der Waals surface area contributed by atoms with E-state index in [-0.39, 0.29) is 5.54 Å². The summed E-state index contributed by atoms with van der Waals surface area (Å²) < 4.78 is 10.0. The average Bonchev–Trinajstić information content (AvgIpc) is 2.65. The topological polar surface area (TPSA) is 60.5 Å². The van der Waals surface area contributed by atoms with Crippen LogP contribution in [0.2, 0.25) is 0 Å². The molecule has 1 aromatic rings. The molecule has 0 saturated heterocycles. The fourth-order valence-electron chi connectivity index (χ4n) is 1.38. The number of methoxy groups -OCH3 is 1. The van der Waals surface area contributed by atoms with E-state index in [2.05, 4.69) is 10.3 Å². The molecule has 0 aliphatic rings. The van der Waals surface area contributed by atoms with Gasteiger partial charge in [0.15, 0.2) is 5.69 Å². The van der Waals surface area contributed by atoms with Crippen molar-refractivity contribution in [2.45, 2.75) is 26.3 Å². The van der Waals surface area contributed by atoms with Crippen molar-refractivity contribution in [1.82, 2.24) is 4.98 Å². The lowest BCUT2D eigenvalue weighted by Gasteiger charge is -2.25. The van der Waals surface area contributed by atoms with E-state index in [1.165, 1.54) is 11.3 Å². The molecule has 0 unspecified atom stereocenters. The quantitative estimate of drug-likeness (QED) is 0.792. The van der Waals surface area contributed by atoms with E-state index < -0.39 is 5.97 Å². The normalized spacial score (nSPS) is 11.3. The molecule has 0 fully saturated rings. The van der Waals surface area contributed by atoms with Gasteiger partial charge in [-0.05, 0) is 20.8 Å². The van der Waals surface area contributed by atoms with E-state index in [1.54, 1.807) is 19.5 Å². The number of anilines is 1. The smallest absolute Gasteiger partial charge is 0.360 e. The highest BCUT2D eigenvalue weighted by Gasteiger charge is 2.23. The van der Waals surface area contributed by atoms with E-state index in [9.17, 15) is 4.79 Å². The molecule has 96 valence electrons. The molecule has 0 atom stereocenters. The summed E-state index contributed by atoms with van der Waals surface area (Å²) in [4.78, 5) is 15.6. The fourth-order valence-corrected chi connectivity index (χ4v) is 2.23. The van der Waals surface area contributed by atoms with Crippen LogP contribution < -0.4 is 5.32 Å². The van der Waals surface area contributed by atoms with Gasteiger partial charge in [-0.1, -0.05) is 0 Å². The zero-order valence-electron chi connectivity index (χ0n) is 10.6. The molecule has 1 rings (SSSR count). The summed E-state index contributed by atoms with van der Waals surface area (Å²) in [7, 11) is 1.64. The molecule has 0 aliphatic carbocycles. The van der Waals surface area contributed by atoms with Gasteiger partial charge in [0, 0.05) is 7.11 Å². The van der Waals surface area contributed by atoms with Gasteiger partial charge in [0.2, 0.25) is 0 Å². The maximum Gasteiger partial charge on any atom is 0.360 e. The first-order valence-corrected chi connectivity index (χ1v) is 6.26. The maximum atomic E-state index is 11.6. The van der Waals surface area contributed by atoms with Crippen LogP contribution in [0.1, 0.15) is 31.3 Å². The predicted octanol–water partition coefficient (Wildman–Crippen LogP) is 2.16. The third-order valence-electron chi connectivity index (χ3n) is 1.99. The zero-order valence-corrected chi connectivity index (χ0v) is 11.4. The Hall–Kier alpha value is -1.14. The molecule has 5 nitrogen and oxygen atoms in total. The van der Waals surface area contributed by atoms with Crippen LogP contribution in [0, 0.1) is 0 Å². The number of nitrogens with zero attached hydrogens (tertiary/aromatic N) is 1. The van der Waals surface area contributed by atoms with Gasteiger partial charge < -0.3 is 14.8 Å². The Balaban J connectivity index is 2.78. The van der Waals surface area contributed by atoms with E-state index >= 15 is 0 Å². The minimum absolute atomic E-state index is 0.261. The Labute approximate surface area is 105 Å². The summed E-state index contributed by atoms with van der Waals surface area (Å²) in [6.07, 6.45) is 0. The summed E-state index contributed by atoms with van der Waals surface area (Å²) in [5.41, 5.74) is 1.70. The molecular weight excluding hydrogens is 240 g/mol. The maximum absolute atomic E-state index is 11.6. The number of carbonyl (C=O) groups excluding carboxylic acids is 1. The van der Waals surface area contributed by atoms with Crippen LogP contribution >= 0.6 is 11.3 Å². The number of hydrogen-bond acceptors (Lipinski definition) is 6. The standard InChI is InChI=1S/C11H18N2O3S/c1-5-16-10(14)8-9(17-7-12-8)13-11(2,3)6-15-4/h7,13H,5-6H2,1-4H3. The molecule has 0 saturated carbocycles. The monoisotopic (exact) mass is 258 g/mol. The molecule has 0 amide bonds. The number of aromatic nitrogens is 1. The van der Waals surface area contributed by atoms with E-state index in [0.717, 1.165) is 0 Å². The third kappa shape index (κ3) is 3.98. The zero-order chi connectivity index (χ0) is 12.9. The lowest BCUT2D eigenvalue weighted by atomic mass is 10.1. The average molecular weight is 258 g/mol. The van der Waals surface area contributed by atoms with Crippen LogP contribution in [-0.2, 0) is 9.47 Å².